The van der Waals surface area contributed by atoms with Gasteiger partial charge in [0.2, 0.25) is 0 Å². The summed E-state index contributed by atoms with van der Waals surface area (Å²) in [5, 5.41) is 0. The second kappa shape index (κ2) is 9.65. The number of hydrogen-bond acceptors (Lipinski definition) is 4. The van der Waals surface area contributed by atoms with Gasteiger partial charge in [0.25, 0.3) is 5.91 Å². The van der Waals surface area contributed by atoms with E-state index in [0.717, 1.165) is 12.1 Å². The van der Waals surface area contributed by atoms with Crippen LogP contribution in [0, 0.1) is 11.6 Å². The molecule has 0 aromatic heterocycles. The number of ether oxygens (including phenoxy) is 3. The van der Waals surface area contributed by atoms with Gasteiger partial charge in [-0.3, -0.25) is 4.79 Å². The molecular weight excluding hydrogens is 370 g/mol. The quantitative estimate of drug-likeness (QED) is 0.496. The van der Waals surface area contributed by atoms with Crippen molar-refractivity contribution in [3.63, 3.8) is 0 Å². The molecule has 0 saturated carbocycles. The highest BCUT2D eigenvalue weighted by molar-refractivity contribution is 5.93. The van der Waals surface area contributed by atoms with E-state index in [1.807, 2.05) is 0 Å². The summed E-state index contributed by atoms with van der Waals surface area (Å²) >= 11 is 0. The maximum atomic E-state index is 13.9. The summed E-state index contributed by atoms with van der Waals surface area (Å²) in [5.74, 6) is -3.15. The minimum Gasteiger partial charge on any atom is -0.494 e. The fourth-order valence-electron chi connectivity index (χ4n) is 2.16. The van der Waals surface area contributed by atoms with Crippen LogP contribution in [-0.2, 0) is 0 Å². The maximum Gasteiger partial charge on any atom is 0.387 e. The SMILES string of the molecule is NC(=O)c1c(F)ccc(OCCCCOc2ccc(OC(F)F)cc2)c1F. The summed E-state index contributed by atoms with van der Waals surface area (Å²) < 4.78 is 66.2. The first kappa shape index (κ1) is 20.3. The van der Waals surface area contributed by atoms with E-state index in [2.05, 4.69) is 4.74 Å². The Bertz CT molecular complexity index is 769. The van der Waals surface area contributed by atoms with E-state index in [0.29, 0.717) is 25.2 Å². The van der Waals surface area contributed by atoms with Crippen LogP contribution in [0.2, 0.25) is 0 Å². The largest absolute Gasteiger partial charge is 0.494 e. The zero-order valence-electron chi connectivity index (χ0n) is 14.1. The number of hydrogen-bond donors (Lipinski definition) is 1. The van der Waals surface area contributed by atoms with Gasteiger partial charge in [0.1, 0.15) is 22.9 Å². The van der Waals surface area contributed by atoms with Crippen molar-refractivity contribution in [3.05, 3.63) is 53.6 Å². The summed E-state index contributed by atoms with van der Waals surface area (Å²) in [7, 11) is 0. The topological polar surface area (TPSA) is 70.8 Å². The number of rotatable bonds is 10. The number of amides is 1. The zero-order chi connectivity index (χ0) is 19.8. The van der Waals surface area contributed by atoms with Crippen molar-refractivity contribution in [2.45, 2.75) is 19.5 Å². The van der Waals surface area contributed by atoms with E-state index in [9.17, 15) is 22.4 Å². The van der Waals surface area contributed by atoms with E-state index in [4.69, 9.17) is 15.2 Å². The number of halogens is 4. The number of benzene rings is 2. The number of alkyl halides is 2. The summed E-state index contributed by atoms with van der Waals surface area (Å²) in [6.07, 6.45) is 1.05. The maximum absolute atomic E-state index is 13.9. The van der Waals surface area contributed by atoms with Gasteiger partial charge in [-0.05, 0) is 49.2 Å². The summed E-state index contributed by atoms with van der Waals surface area (Å²) in [4.78, 5) is 11.0. The summed E-state index contributed by atoms with van der Waals surface area (Å²) in [6, 6.07) is 7.69. The second-order valence-corrected chi connectivity index (χ2v) is 5.35. The van der Waals surface area contributed by atoms with Crippen molar-refractivity contribution in [1.29, 1.82) is 0 Å². The van der Waals surface area contributed by atoms with Crippen molar-refractivity contribution in [3.8, 4) is 17.2 Å². The van der Waals surface area contributed by atoms with Gasteiger partial charge < -0.3 is 19.9 Å². The molecule has 2 aromatic rings. The highest BCUT2D eigenvalue weighted by Crippen LogP contribution is 2.23. The van der Waals surface area contributed by atoms with E-state index < -0.39 is 29.7 Å². The molecule has 0 aliphatic carbocycles. The van der Waals surface area contributed by atoms with Crippen molar-refractivity contribution < 1.29 is 36.6 Å². The Labute approximate surface area is 152 Å². The lowest BCUT2D eigenvalue weighted by Gasteiger charge is -2.10. The van der Waals surface area contributed by atoms with Crippen LogP contribution in [0.15, 0.2) is 36.4 Å². The number of unbranched alkanes of at least 4 members (excludes halogenated alkanes) is 1. The van der Waals surface area contributed by atoms with Gasteiger partial charge in [-0.25, -0.2) is 8.78 Å². The average Bonchev–Trinajstić information content (AvgIpc) is 2.60. The van der Waals surface area contributed by atoms with Crippen LogP contribution in [0.25, 0.3) is 0 Å². The first-order chi connectivity index (χ1) is 12.9. The smallest absolute Gasteiger partial charge is 0.387 e. The Hall–Kier alpha value is -2.97. The number of carbonyl (C=O) groups excluding carboxylic acids is 1. The van der Waals surface area contributed by atoms with E-state index >= 15 is 0 Å². The van der Waals surface area contributed by atoms with E-state index in [-0.39, 0.29) is 18.1 Å². The lowest BCUT2D eigenvalue weighted by atomic mass is 10.1. The molecule has 0 fully saturated rings. The Balaban J connectivity index is 1.72. The third kappa shape index (κ3) is 6.05. The lowest BCUT2D eigenvalue weighted by molar-refractivity contribution is -0.0498. The monoisotopic (exact) mass is 387 g/mol. The third-order valence-corrected chi connectivity index (χ3v) is 3.42. The van der Waals surface area contributed by atoms with Crippen molar-refractivity contribution in [2.24, 2.45) is 5.73 Å². The number of primary amides is 1. The Morgan fingerprint density at radius 2 is 1.52 bits per heavy atom. The van der Waals surface area contributed by atoms with Gasteiger partial charge in [0.15, 0.2) is 11.6 Å². The predicted molar refractivity (Wildman–Crippen MR) is 88.2 cm³/mol. The van der Waals surface area contributed by atoms with Gasteiger partial charge in [-0.2, -0.15) is 8.78 Å². The molecule has 0 unspecified atom stereocenters. The predicted octanol–water partition coefficient (Wildman–Crippen LogP) is 3.90. The van der Waals surface area contributed by atoms with Gasteiger partial charge >= 0.3 is 6.61 Å². The van der Waals surface area contributed by atoms with Gasteiger partial charge in [-0.1, -0.05) is 0 Å². The number of carbonyl (C=O) groups is 1. The zero-order valence-corrected chi connectivity index (χ0v) is 14.1. The molecule has 0 spiro atoms. The van der Waals surface area contributed by atoms with Crippen LogP contribution in [0.4, 0.5) is 17.6 Å². The van der Waals surface area contributed by atoms with E-state index in [1.54, 1.807) is 0 Å². The molecule has 0 saturated heterocycles. The number of nitrogens with two attached hydrogens (primary N) is 1. The fraction of sp³-hybridized carbons (Fsp3) is 0.278. The molecule has 2 aromatic carbocycles. The molecule has 0 bridgehead atoms. The molecule has 2 N–H and O–H groups in total. The molecule has 9 heteroatoms. The Kier molecular flexibility index (Phi) is 7.27. The standard InChI is InChI=1S/C18H17F4NO4/c19-13-7-8-14(16(20)15(13)17(23)24)26-10-2-1-9-25-11-3-5-12(6-4-11)27-18(21)22/h3-8,18H,1-2,9-10H2,(H2,23,24). The lowest BCUT2D eigenvalue weighted by Crippen LogP contribution is -2.16. The highest BCUT2D eigenvalue weighted by atomic mass is 19.3. The van der Waals surface area contributed by atoms with Crippen molar-refractivity contribution in [1.82, 2.24) is 0 Å². The van der Waals surface area contributed by atoms with Crippen molar-refractivity contribution in [2.75, 3.05) is 13.2 Å². The summed E-state index contributed by atoms with van der Waals surface area (Å²) in [5.41, 5.74) is 4.09. The molecule has 5 nitrogen and oxygen atoms in total. The minimum atomic E-state index is -2.89. The molecular formula is C18H17F4NO4. The summed E-state index contributed by atoms with van der Waals surface area (Å²) in [6.45, 7) is -2.45. The van der Waals surface area contributed by atoms with Crippen LogP contribution in [0.5, 0.6) is 17.2 Å². The van der Waals surface area contributed by atoms with Crippen molar-refractivity contribution >= 4 is 5.91 Å². The van der Waals surface area contributed by atoms with Gasteiger partial charge in [0.05, 0.1) is 13.2 Å². The second-order valence-electron chi connectivity index (χ2n) is 5.35. The van der Waals surface area contributed by atoms with Crippen LogP contribution in [0.1, 0.15) is 23.2 Å². The Morgan fingerprint density at radius 3 is 2.11 bits per heavy atom. The molecule has 0 atom stereocenters. The first-order valence-corrected chi connectivity index (χ1v) is 7.96. The molecule has 2 rings (SSSR count). The van der Waals surface area contributed by atoms with Crippen LogP contribution >= 0.6 is 0 Å². The van der Waals surface area contributed by atoms with Crippen LogP contribution in [0.3, 0.4) is 0 Å². The average molecular weight is 387 g/mol. The normalized spacial score (nSPS) is 10.7. The molecule has 0 aliphatic heterocycles. The minimum absolute atomic E-state index is 0.0300. The third-order valence-electron chi connectivity index (χ3n) is 3.42. The molecule has 0 aliphatic rings. The van der Waals surface area contributed by atoms with Gasteiger partial charge in [0, 0.05) is 0 Å². The highest BCUT2D eigenvalue weighted by Gasteiger charge is 2.19. The van der Waals surface area contributed by atoms with Crippen LogP contribution in [-0.4, -0.2) is 25.7 Å². The molecule has 1 amide bonds. The molecule has 0 radical (unpaired) electrons. The fourth-order valence-corrected chi connectivity index (χ4v) is 2.16. The van der Waals surface area contributed by atoms with E-state index in [1.165, 1.54) is 24.3 Å². The molecule has 0 heterocycles. The molecule has 27 heavy (non-hydrogen) atoms. The molecule has 146 valence electrons. The van der Waals surface area contributed by atoms with Crippen LogP contribution < -0.4 is 19.9 Å². The van der Waals surface area contributed by atoms with Gasteiger partial charge in [-0.15, -0.1) is 0 Å². The Morgan fingerprint density at radius 1 is 0.926 bits per heavy atom. The first-order valence-electron chi connectivity index (χ1n) is 7.96.